The van der Waals surface area contributed by atoms with Crippen LogP contribution in [0.25, 0.3) is 0 Å². The van der Waals surface area contributed by atoms with Gasteiger partial charge in [0.2, 0.25) is 0 Å². The first-order valence-electron chi connectivity index (χ1n) is 6.44. The van der Waals surface area contributed by atoms with Crippen LogP contribution in [0.3, 0.4) is 0 Å². The summed E-state index contributed by atoms with van der Waals surface area (Å²) in [4.78, 5) is 2.32. The second-order valence-corrected chi connectivity index (χ2v) is 6.13. The lowest BCUT2D eigenvalue weighted by Gasteiger charge is -2.28. The Balaban J connectivity index is 2.09. The zero-order chi connectivity index (χ0) is 13.0. The van der Waals surface area contributed by atoms with Crippen LogP contribution in [0, 0.1) is 5.82 Å². The number of halogens is 3. The summed E-state index contributed by atoms with van der Waals surface area (Å²) in [6.45, 7) is 1.49. The van der Waals surface area contributed by atoms with E-state index < -0.39 is 0 Å². The largest absolute Gasteiger partial charge is 0.295 e. The molecule has 18 heavy (non-hydrogen) atoms. The smallest absolute Gasteiger partial charge is 0.127 e. The van der Waals surface area contributed by atoms with Gasteiger partial charge in [-0.3, -0.25) is 4.90 Å². The van der Waals surface area contributed by atoms with Gasteiger partial charge in [0, 0.05) is 35.0 Å². The lowest BCUT2D eigenvalue weighted by atomic mass is 10.1. The van der Waals surface area contributed by atoms with E-state index in [4.69, 9.17) is 11.6 Å². The molecule has 0 aromatic heterocycles. The fraction of sp³-hybridized carbons (Fsp3) is 0.571. The van der Waals surface area contributed by atoms with E-state index in [-0.39, 0.29) is 5.82 Å². The summed E-state index contributed by atoms with van der Waals surface area (Å²) in [5.74, 6) is 0.474. The van der Waals surface area contributed by atoms with Crippen LogP contribution in [0.4, 0.5) is 4.39 Å². The molecule has 0 saturated heterocycles. The SMILES string of the molecule is Fc1ccc(Br)cc1CN(CCCl)C1CCCC1. The molecular formula is C14H18BrClFN. The number of alkyl halides is 1. The lowest BCUT2D eigenvalue weighted by Crippen LogP contribution is -2.34. The van der Waals surface area contributed by atoms with Crippen LogP contribution in [-0.2, 0) is 6.54 Å². The minimum atomic E-state index is -0.129. The second-order valence-electron chi connectivity index (χ2n) is 4.83. The van der Waals surface area contributed by atoms with Gasteiger partial charge in [-0.2, -0.15) is 0 Å². The standard InChI is InChI=1S/C14H18BrClFN/c15-12-5-6-14(17)11(9-12)10-18(8-7-16)13-3-1-2-4-13/h5-6,9,13H,1-4,7-8,10H2. The van der Waals surface area contributed by atoms with Crippen molar-refractivity contribution >= 4 is 27.5 Å². The summed E-state index contributed by atoms with van der Waals surface area (Å²) in [5.41, 5.74) is 0.751. The van der Waals surface area contributed by atoms with Gasteiger partial charge in [0.1, 0.15) is 5.82 Å². The molecule has 0 amide bonds. The second kappa shape index (κ2) is 6.88. The molecule has 2 rings (SSSR count). The van der Waals surface area contributed by atoms with Gasteiger partial charge in [0.15, 0.2) is 0 Å². The normalized spacial score (nSPS) is 16.7. The summed E-state index contributed by atoms with van der Waals surface area (Å²) in [5, 5.41) is 0. The molecule has 1 fully saturated rings. The number of nitrogens with zero attached hydrogens (tertiary/aromatic N) is 1. The third kappa shape index (κ3) is 3.69. The van der Waals surface area contributed by atoms with Crippen molar-refractivity contribution in [3.8, 4) is 0 Å². The molecule has 1 saturated carbocycles. The van der Waals surface area contributed by atoms with Crippen molar-refractivity contribution in [2.45, 2.75) is 38.3 Å². The molecule has 1 aromatic rings. The third-order valence-electron chi connectivity index (χ3n) is 3.59. The molecule has 1 aliphatic carbocycles. The first-order valence-corrected chi connectivity index (χ1v) is 7.77. The summed E-state index contributed by atoms with van der Waals surface area (Å²) < 4.78 is 14.7. The van der Waals surface area contributed by atoms with Crippen LogP contribution in [0.1, 0.15) is 31.2 Å². The molecule has 1 aromatic carbocycles. The lowest BCUT2D eigenvalue weighted by molar-refractivity contribution is 0.199. The molecule has 0 atom stereocenters. The zero-order valence-electron chi connectivity index (χ0n) is 10.3. The Labute approximate surface area is 121 Å². The quantitative estimate of drug-likeness (QED) is 0.713. The van der Waals surface area contributed by atoms with Crippen molar-refractivity contribution in [1.29, 1.82) is 0 Å². The van der Waals surface area contributed by atoms with E-state index in [9.17, 15) is 4.39 Å². The van der Waals surface area contributed by atoms with Gasteiger partial charge in [0.05, 0.1) is 0 Å². The Bertz CT molecular complexity index is 393. The fourth-order valence-corrected chi connectivity index (χ4v) is 3.28. The van der Waals surface area contributed by atoms with Crippen molar-refractivity contribution in [3.05, 3.63) is 34.1 Å². The van der Waals surface area contributed by atoms with Crippen LogP contribution in [0.5, 0.6) is 0 Å². The highest BCUT2D eigenvalue weighted by molar-refractivity contribution is 9.10. The van der Waals surface area contributed by atoms with Gasteiger partial charge in [-0.15, -0.1) is 11.6 Å². The number of hydrogen-bond acceptors (Lipinski definition) is 1. The molecule has 0 unspecified atom stereocenters. The number of benzene rings is 1. The van der Waals surface area contributed by atoms with Crippen LogP contribution in [-0.4, -0.2) is 23.4 Å². The summed E-state index contributed by atoms with van der Waals surface area (Å²) in [7, 11) is 0. The van der Waals surface area contributed by atoms with Gasteiger partial charge < -0.3 is 0 Å². The highest BCUT2D eigenvalue weighted by atomic mass is 79.9. The van der Waals surface area contributed by atoms with E-state index in [1.165, 1.54) is 31.7 Å². The predicted octanol–water partition coefficient (Wildman–Crippen LogP) is 4.57. The fourth-order valence-electron chi connectivity index (χ4n) is 2.65. The maximum absolute atomic E-state index is 13.8. The molecule has 0 spiro atoms. The topological polar surface area (TPSA) is 3.24 Å². The Morgan fingerprint density at radius 1 is 1.33 bits per heavy atom. The van der Waals surface area contributed by atoms with Crippen LogP contribution in [0.15, 0.2) is 22.7 Å². The Hall–Kier alpha value is -0.120. The molecule has 0 N–H and O–H groups in total. The Kier molecular flexibility index (Phi) is 5.46. The van der Waals surface area contributed by atoms with E-state index in [2.05, 4.69) is 20.8 Å². The van der Waals surface area contributed by atoms with Crippen molar-refractivity contribution < 1.29 is 4.39 Å². The minimum absolute atomic E-state index is 0.129. The third-order valence-corrected chi connectivity index (χ3v) is 4.26. The molecule has 4 heteroatoms. The zero-order valence-corrected chi connectivity index (χ0v) is 12.7. The number of rotatable bonds is 5. The molecule has 1 aliphatic rings. The van der Waals surface area contributed by atoms with Gasteiger partial charge in [-0.05, 0) is 31.0 Å². The van der Waals surface area contributed by atoms with Gasteiger partial charge in [-0.25, -0.2) is 4.39 Å². The minimum Gasteiger partial charge on any atom is -0.295 e. The Morgan fingerprint density at radius 3 is 2.72 bits per heavy atom. The molecule has 0 heterocycles. The van der Waals surface area contributed by atoms with Crippen LogP contribution >= 0.6 is 27.5 Å². The van der Waals surface area contributed by atoms with Crippen LogP contribution in [0.2, 0.25) is 0 Å². The van der Waals surface area contributed by atoms with Crippen molar-refractivity contribution in [2.75, 3.05) is 12.4 Å². The van der Waals surface area contributed by atoms with Gasteiger partial charge >= 0.3 is 0 Å². The average Bonchev–Trinajstić information content (AvgIpc) is 2.87. The van der Waals surface area contributed by atoms with Crippen molar-refractivity contribution in [1.82, 2.24) is 4.90 Å². The number of hydrogen-bond donors (Lipinski definition) is 0. The Morgan fingerprint density at radius 2 is 2.06 bits per heavy atom. The molecule has 0 bridgehead atoms. The molecule has 100 valence electrons. The average molecular weight is 335 g/mol. The van der Waals surface area contributed by atoms with Crippen molar-refractivity contribution in [3.63, 3.8) is 0 Å². The van der Waals surface area contributed by atoms with Gasteiger partial charge in [0.25, 0.3) is 0 Å². The van der Waals surface area contributed by atoms with E-state index in [1.54, 1.807) is 6.07 Å². The summed E-state index contributed by atoms with van der Waals surface area (Å²) in [6.07, 6.45) is 4.99. The molecule has 0 radical (unpaired) electrons. The van der Waals surface area contributed by atoms with E-state index >= 15 is 0 Å². The summed E-state index contributed by atoms with van der Waals surface area (Å²) >= 11 is 9.26. The van der Waals surface area contributed by atoms with Crippen molar-refractivity contribution in [2.24, 2.45) is 0 Å². The van der Waals surface area contributed by atoms with Crippen LogP contribution < -0.4 is 0 Å². The highest BCUT2D eigenvalue weighted by Crippen LogP contribution is 2.26. The molecular weight excluding hydrogens is 317 g/mol. The highest BCUT2D eigenvalue weighted by Gasteiger charge is 2.22. The monoisotopic (exact) mass is 333 g/mol. The first kappa shape index (κ1) is 14.3. The molecule has 0 aliphatic heterocycles. The summed E-state index contributed by atoms with van der Waals surface area (Å²) in [6, 6.07) is 5.70. The maximum atomic E-state index is 13.8. The molecule has 1 nitrogen and oxygen atoms in total. The van der Waals surface area contributed by atoms with E-state index in [1.807, 2.05) is 6.07 Å². The van der Waals surface area contributed by atoms with E-state index in [0.29, 0.717) is 18.5 Å². The first-order chi connectivity index (χ1) is 8.70. The maximum Gasteiger partial charge on any atom is 0.127 e. The van der Waals surface area contributed by atoms with E-state index in [0.717, 1.165) is 16.6 Å². The predicted molar refractivity (Wildman–Crippen MR) is 77.5 cm³/mol. The van der Waals surface area contributed by atoms with Gasteiger partial charge in [-0.1, -0.05) is 28.8 Å².